The molecule has 0 radical (unpaired) electrons. The number of benzene rings is 1. The molecule has 1 atom stereocenters. The molecule has 0 amide bonds. The number of aromatic amines is 1. The lowest BCUT2D eigenvalue weighted by Gasteiger charge is -2.46. The average Bonchev–Trinajstić information content (AvgIpc) is 3.53. The van der Waals surface area contributed by atoms with E-state index < -0.39 is 0 Å². The van der Waals surface area contributed by atoms with E-state index in [2.05, 4.69) is 76.8 Å². The number of H-pyrrole nitrogens is 1. The summed E-state index contributed by atoms with van der Waals surface area (Å²) in [5.74, 6) is 0.553. The van der Waals surface area contributed by atoms with Crippen LogP contribution in [-0.2, 0) is 4.74 Å². The van der Waals surface area contributed by atoms with Crippen molar-refractivity contribution >= 4 is 10.9 Å². The van der Waals surface area contributed by atoms with Gasteiger partial charge < -0.3 is 14.8 Å². The van der Waals surface area contributed by atoms with Crippen molar-refractivity contribution in [3.63, 3.8) is 0 Å². The molecule has 2 aliphatic heterocycles. The van der Waals surface area contributed by atoms with Crippen LogP contribution in [0.4, 0.5) is 0 Å². The monoisotopic (exact) mass is 501 g/mol. The number of hydrogen-bond acceptors (Lipinski definition) is 7. The SMILES string of the molecule is CC1(C)CC(Oc2ccc(-c3ccc(-c4cnn(C5CCCCO5)c4)c4cn[nH]c34)nn2)CC(C)(C)N1. The number of nitrogens with one attached hydrogen (secondary N) is 2. The Balaban J connectivity index is 1.23. The minimum Gasteiger partial charge on any atom is -0.473 e. The molecular weight excluding hydrogens is 466 g/mol. The summed E-state index contributed by atoms with van der Waals surface area (Å²) >= 11 is 0. The highest BCUT2D eigenvalue weighted by Crippen LogP contribution is 2.35. The number of nitrogens with zero attached hydrogens (tertiary/aromatic N) is 5. The van der Waals surface area contributed by atoms with E-state index in [1.165, 1.54) is 6.42 Å². The second-order valence-corrected chi connectivity index (χ2v) is 11.6. The second-order valence-electron chi connectivity index (χ2n) is 11.6. The molecule has 0 bridgehead atoms. The fraction of sp³-hybridized carbons (Fsp3) is 0.500. The first-order valence-corrected chi connectivity index (χ1v) is 13.2. The maximum absolute atomic E-state index is 6.27. The topological polar surface area (TPSA) is 103 Å². The Bertz CT molecular complexity index is 1370. The molecule has 9 heteroatoms. The number of piperidine rings is 1. The molecule has 2 fully saturated rings. The van der Waals surface area contributed by atoms with Crippen molar-refractivity contribution in [1.29, 1.82) is 0 Å². The summed E-state index contributed by atoms with van der Waals surface area (Å²) in [6, 6.07) is 8.04. The Kier molecular flexibility index (Phi) is 6.00. The van der Waals surface area contributed by atoms with Gasteiger partial charge in [-0.2, -0.15) is 10.2 Å². The van der Waals surface area contributed by atoms with Crippen LogP contribution < -0.4 is 10.1 Å². The highest BCUT2D eigenvalue weighted by molar-refractivity contribution is 6.01. The Labute approximate surface area is 217 Å². The smallest absolute Gasteiger partial charge is 0.233 e. The van der Waals surface area contributed by atoms with E-state index in [0.29, 0.717) is 5.88 Å². The number of hydrogen-bond donors (Lipinski definition) is 2. The van der Waals surface area contributed by atoms with E-state index in [9.17, 15) is 0 Å². The van der Waals surface area contributed by atoms with Crippen LogP contribution in [0.1, 0.15) is 66.0 Å². The Morgan fingerprint density at radius 3 is 2.51 bits per heavy atom. The van der Waals surface area contributed by atoms with Crippen LogP contribution >= 0.6 is 0 Å². The average molecular weight is 502 g/mol. The third kappa shape index (κ3) is 4.98. The summed E-state index contributed by atoms with van der Waals surface area (Å²) in [5, 5.41) is 25.7. The molecule has 4 aromatic rings. The second kappa shape index (κ2) is 9.22. The van der Waals surface area contributed by atoms with Gasteiger partial charge in [0.25, 0.3) is 0 Å². The Morgan fingerprint density at radius 2 is 1.78 bits per heavy atom. The maximum atomic E-state index is 6.27. The van der Waals surface area contributed by atoms with Crippen LogP contribution in [0.2, 0.25) is 0 Å². The standard InChI is InChI=1S/C28H35N7O2/c1-27(2)13-19(14-28(3,4)34-27)37-24-11-10-23(31-32-24)21-9-8-20(22-16-29-33-26(21)22)18-15-30-35(17-18)25-7-5-6-12-36-25/h8-11,15-17,19,25,34H,5-7,12-14H2,1-4H3,(H,29,33). The molecule has 0 spiro atoms. The summed E-state index contributed by atoms with van der Waals surface area (Å²) in [4.78, 5) is 0. The van der Waals surface area contributed by atoms with Gasteiger partial charge in [0.2, 0.25) is 5.88 Å². The van der Waals surface area contributed by atoms with Crippen molar-refractivity contribution in [1.82, 2.24) is 35.5 Å². The molecule has 2 aliphatic rings. The van der Waals surface area contributed by atoms with Crippen molar-refractivity contribution in [3.8, 4) is 28.3 Å². The van der Waals surface area contributed by atoms with Crippen molar-refractivity contribution in [3.05, 3.63) is 42.9 Å². The molecular formula is C28H35N7O2. The molecule has 1 unspecified atom stereocenters. The summed E-state index contributed by atoms with van der Waals surface area (Å²) < 4.78 is 14.1. The van der Waals surface area contributed by atoms with Crippen molar-refractivity contribution in [2.45, 2.75) is 83.2 Å². The van der Waals surface area contributed by atoms with Gasteiger partial charge in [0, 0.05) is 59.3 Å². The highest BCUT2D eigenvalue weighted by Gasteiger charge is 2.39. The molecule has 2 N–H and O–H groups in total. The van der Waals surface area contributed by atoms with Crippen LogP contribution in [0.25, 0.3) is 33.3 Å². The van der Waals surface area contributed by atoms with Crippen molar-refractivity contribution in [2.24, 2.45) is 0 Å². The molecule has 194 valence electrons. The summed E-state index contributed by atoms with van der Waals surface area (Å²) in [6.07, 6.45) is 11.0. The molecule has 2 saturated heterocycles. The number of rotatable bonds is 5. The van der Waals surface area contributed by atoms with Gasteiger partial charge >= 0.3 is 0 Å². The van der Waals surface area contributed by atoms with Crippen LogP contribution in [-0.4, -0.2) is 54.0 Å². The molecule has 37 heavy (non-hydrogen) atoms. The maximum Gasteiger partial charge on any atom is 0.233 e. The van der Waals surface area contributed by atoms with Gasteiger partial charge in [-0.25, -0.2) is 4.68 Å². The predicted molar refractivity (Wildman–Crippen MR) is 142 cm³/mol. The van der Waals surface area contributed by atoms with Crippen molar-refractivity contribution < 1.29 is 9.47 Å². The van der Waals surface area contributed by atoms with Crippen LogP contribution in [0.3, 0.4) is 0 Å². The lowest BCUT2D eigenvalue weighted by Crippen LogP contribution is -2.60. The van der Waals surface area contributed by atoms with Crippen LogP contribution in [0.5, 0.6) is 5.88 Å². The Morgan fingerprint density at radius 1 is 0.973 bits per heavy atom. The normalized spacial score (nSPS) is 21.8. The summed E-state index contributed by atoms with van der Waals surface area (Å²) in [5.41, 5.74) is 4.76. The number of fused-ring (bicyclic) bond motifs is 1. The van der Waals surface area contributed by atoms with E-state index in [1.807, 2.05) is 29.2 Å². The number of ether oxygens (including phenoxy) is 2. The third-order valence-electron chi connectivity index (χ3n) is 7.33. The summed E-state index contributed by atoms with van der Waals surface area (Å²) in [7, 11) is 0. The lowest BCUT2D eigenvalue weighted by atomic mass is 9.81. The molecule has 3 aromatic heterocycles. The third-order valence-corrected chi connectivity index (χ3v) is 7.33. The molecule has 0 aliphatic carbocycles. The van der Waals surface area contributed by atoms with Gasteiger partial charge in [-0.15, -0.1) is 10.2 Å². The predicted octanol–water partition coefficient (Wildman–Crippen LogP) is 5.27. The summed E-state index contributed by atoms with van der Waals surface area (Å²) in [6.45, 7) is 9.65. The van der Waals surface area contributed by atoms with Gasteiger partial charge in [0.1, 0.15) is 12.3 Å². The largest absolute Gasteiger partial charge is 0.473 e. The molecule has 9 nitrogen and oxygen atoms in total. The van der Waals surface area contributed by atoms with E-state index >= 15 is 0 Å². The lowest BCUT2D eigenvalue weighted by molar-refractivity contribution is -0.0394. The van der Waals surface area contributed by atoms with Gasteiger partial charge in [0.05, 0.1) is 23.6 Å². The highest BCUT2D eigenvalue weighted by atomic mass is 16.5. The zero-order valence-corrected chi connectivity index (χ0v) is 22.0. The Hall–Kier alpha value is -3.30. The molecule has 0 saturated carbocycles. The number of aromatic nitrogens is 6. The fourth-order valence-corrected chi connectivity index (χ4v) is 6.08. The minimum atomic E-state index is 0.00762. The first-order valence-electron chi connectivity index (χ1n) is 13.2. The van der Waals surface area contributed by atoms with Gasteiger partial charge in [0.15, 0.2) is 0 Å². The van der Waals surface area contributed by atoms with E-state index in [-0.39, 0.29) is 23.4 Å². The van der Waals surface area contributed by atoms with Gasteiger partial charge in [-0.05, 0) is 64.7 Å². The van der Waals surface area contributed by atoms with E-state index in [1.54, 1.807) is 0 Å². The zero-order chi connectivity index (χ0) is 25.6. The van der Waals surface area contributed by atoms with Gasteiger partial charge in [-0.1, -0.05) is 6.07 Å². The molecule has 1 aromatic carbocycles. The quantitative estimate of drug-likeness (QED) is 0.384. The van der Waals surface area contributed by atoms with Gasteiger partial charge in [-0.3, -0.25) is 5.10 Å². The van der Waals surface area contributed by atoms with Crippen LogP contribution in [0, 0.1) is 0 Å². The molecule has 5 heterocycles. The zero-order valence-electron chi connectivity index (χ0n) is 22.0. The van der Waals surface area contributed by atoms with Crippen LogP contribution in [0.15, 0.2) is 42.9 Å². The first-order chi connectivity index (χ1) is 17.8. The molecule has 6 rings (SSSR count). The van der Waals surface area contributed by atoms with E-state index in [4.69, 9.17) is 9.47 Å². The minimum absolute atomic E-state index is 0.00762. The fourth-order valence-electron chi connectivity index (χ4n) is 6.08. The van der Waals surface area contributed by atoms with E-state index in [0.717, 1.165) is 65.6 Å². The van der Waals surface area contributed by atoms with Crippen molar-refractivity contribution in [2.75, 3.05) is 6.61 Å². The first kappa shape index (κ1) is 24.1.